The molecule has 0 aromatic carbocycles. The molecule has 5 nitrogen and oxygen atoms in total. The topological polar surface area (TPSA) is 48.9 Å². The fraction of sp³-hybridized carbons (Fsp3) is 0.947. The van der Waals surface area contributed by atoms with Crippen LogP contribution in [0, 0.1) is 5.92 Å². The van der Waals surface area contributed by atoms with Gasteiger partial charge in [0.2, 0.25) is 0 Å². The number of unbranched alkanes of at least 4 members (excludes halogenated alkanes) is 4. The van der Waals surface area contributed by atoms with E-state index in [-0.39, 0.29) is 0 Å². The quantitative estimate of drug-likeness (QED) is 0.326. The van der Waals surface area contributed by atoms with Crippen LogP contribution in [0.5, 0.6) is 0 Å². The van der Waals surface area contributed by atoms with E-state index in [2.05, 4.69) is 34.4 Å². The molecule has 1 rings (SSSR count). The van der Waals surface area contributed by atoms with Crippen LogP contribution in [0.2, 0.25) is 0 Å². The fourth-order valence-corrected chi connectivity index (χ4v) is 2.95. The lowest BCUT2D eigenvalue weighted by Crippen LogP contribution is -2.39. The third kappa shape index (κ3) is 11.7. The Morgan fingerprint density at radius 1 is 0.958 bits per heavy atom. The number of aliphatic imine (C=N–C) groups is 1. The van der Waals surface area contributed by atoms with E-state index in [1.165, 1.54) is 51.5 Å². The van der Waals surface area contributed by atoms with Crippen LogP contribution in [-0.4, -0.2) is 63.8 Å². The molecule has 1 aliphatic heterocycles. The Balaban J connectivity index is 1.91. The molecule has 0 aliphatic carbocycles. The Bertz CT molecular complexity index is 314. The molecule has 0 atom stereocenters. The fourth-order valence-electron chi connectivity index (χ4n) is 2.95. The van der Waals surface area contributed by atoms with Gasteiger partial charge in [-0.3, -0.25) is 9.89 Å². The Kier molecular flexibility index (Phi) is 12.9. The lowest BCUT2D eigenvalue weighted by Gasteiger charge is -2.26. The van der Waals surface area contributed by atoms with Gasteiger partial charge in [0.15, 0.2) is 5.96 Å². The largest absolute Gasteiger partial charge is 0.379 e. The van der Waals surface area contributed by atoms with Gasteiger partial charge in [-0.2, -0.15) is 0 Å². The monoisotopic (exact) mass is 340 g/mol. The van der Waals surface area contributed by atoms with E-state index in [1.807, 2.05) is 7.05 Å². The van der Waals surface area contributed by atoms with E-state index in [4.69, 9.17) is 4.74 Å². The van der Waals surface area contributed by atoms with Gasteiger partial charge in [-0.15, -0.1) is 0 Å². The van der Waals surface area contributed by atoms with E-state index in [0.717, 1.165) is 51.3 Å². The number of rotatable bonds is 12. The van der Waals surface area contributed by atoms with Crippen LogP contribution in [0.4, 0.5) is 0 Å². The molecule has 1 heterocycles. The van der Waals surface area contributed by atoms with Gasteiger partial charge in [-0.05, 0) is 31.7 Å². The van der Waals surface area contributed by atoms with Crippen LogP contribution in [-0.2, 0) is 4.74 Å². The number of hydrogen-bond acceptors (Lipinski definition) is 3. The molecule has 0 unspecified atom stereocenters. The molecule has 1 saturated heterocycles. The third-order valence-electron chi connectivity index (χ3n) is 4.52. The summed E-state index contributed by atoms with van der Waals surface area (Å²) < 4.78 is 5.37. The number of hydrogen-bond donors (Lipinski definition) is 2. The third-order valence-corrected chi connectivity index (χ3v) is 4.52. The van der Waals surface area contributed by atoms with Crippen molar-refractivity contribution >= 4 is 5.96 Å². The van der Waals surface area contributed by atoms with Crippen LogP contribution in [0.15, 0.2) is 4.99 Å². The zero-order valence-electron chi connectivity index (χ0n) is 16.3. The average Bonchev–Trinajstić information content (AvgIpc) is 2.59. The van der Waals surface area contributed by atoms with Crippen molar-refractivity contribution in [3.8, 4) is 0 Å². The molecular formula is C19H40N4O. The van der Waals surface area contributed by atoms with Crippen LogP contribution in [0.3, 0.4) is 0 Å². The van der Waals surface area contributed by atoms with Crippen LogP contribution in [0.1, 0.15) is 58.8 Å². The molecule has 0 amide bonds. The molecular weight excluding hydrogens is 300 g/mol. The maximum absolute atomic E-state index is 5.37. The summed E-state index contributed by atoms with van der Waals surface area (Å²) in [5.41, 5.74) is 0. The van der Waals surface area contributed by atoms with Crippen LogP contribution in [0.25, 0.3) is 0 Å². The van der Waals surface area contributed by atoms with E-state index >= 15 is 0 Å². The van der Waals surface area contributed by atoms with Crippen molar-refractivity contribution in [3.63, 3.8) is 0 Å². The SMILES string of the molecule is CN=C(NCCCCCCC(C)C)NCCCCN1CCOCC1. The van der Waals surface area contributed by atoms with Gasteiger partial charge in [0.1, 0.15) is 0 Å². The summed E-state index contributed by atoms with van der Waals surface area (Å²) in [6.45, 7) is 11.8. The number of nitrogens with zero attached hydrogens (tertiary/aromatic N) is 2. The predicted octanol–water partition coefficient (Wildman–Crippen LogP) is 2.87. The second kappa shape index (κ2) is 14.5. The molecule has 2 N–H and O–H groups in total. The van der Waals surface area contributed by atoms with Gasteiger partial charge >= 0.3 is 0 Å². The number of guanidine groups is 1. The second-order valence-corrected chi connectivity index (χ2v) is 7.18. The first kappa shape index (κ1) is 21.2. The highest BCUT2D eigenvalue weighted by atomic mass is 16.5. The first-order valence-corrected chi connectivity index (χ1v) is 9.97. The van der Waals surface area contributed by atoms with Crippen LogP contribution >= 0.6 is 0 Å². The number of morpholine rings is 1. The minimum Gasteiger partial charge on any atom is -0.379 e. The highest BCUT2D eigenvalue weighted by Gasteiger charge is 2.08. The normalized spacial score (nSPS) is 16.6. The molecule has 1 fully saturated rings. The summed E-state index contributed by atoms with van der Waals surface area (Å²) in [6, 6.07) is 0. The lowest BCUT2D eigenvalue weighted by atomic mass is 10.0. The second-order valence-electron chi connectivity index (χ2n) is 7.18. The summed E-state index contributed by atoms with van der Waals surface area (Å²) >= 11 is 0. The molecule has 0 aromatic rings. The number of ether oxygens (including phenoxy) is 1. The zero-order valence-corrected chi connectivity index (χ0v) is 16.3. The highest BCUT2D eigenvalue weighted by molar-refractivity contribution is 5.79. The zero-order chi connectivity index (χ0) is 17.5. The smallest absolute Gasteiger partial charge is 0.190 e. The minimum atomic E-state index is 0.842. The molecule has 0 spiro atoms. The molecule has 24 heavy (non-hydrogen) atoms. The van der Waals surface area contributed by atoms with E-state index in [0.29, 0.717) is 0 Å². The molecule has 1 aliphatic rings. The molecule has 0 saturated carbocycles. The molecule has 0 aromatic heterocycles. The van der Waals surface area contributed by atoms with Crippen molar-refractivity contribution in [2.75, 3.05) is 53.0 Å². The van der Waals surface area contributed by atoms with Crippen molar-refractivity contribution in [1.82, 2.24) is 15.5 Å². The molecule has 0 bridgehead atoms. The maximum atomic E-state index is 5.37. The van der Waals surface area contributed by atoms with E-state index < -0.39 is 0 Å². The van der Waals surface area contributed by atoms with Gasteiger partial charge in [0.05, 0.1) is 13.2 Å². The first-order chi connectivity index (χ1) is 11.7. The van der Waals surface area contributed by atoms with Gasteiger partial charge in [0, 0.05) is 33.2 Å². The lowest BCUT2D eigenvalue weighted by molar-refractivity contribution is 0.0372. The Hall–Kier alpha value is -0.810. The van der Waals surface area contributed by atoms with E-state index in [9.17, 15) is 0 Å². The van der Waals surface area contributed by atoms with Crippen LogP contribution < -0.4 is 10.6 Å². The predicted molar refractivity (Wildman–Crippen MR) is 104 cm³/mol. The standard InChI is InChI=1S/C19H40N4O/c1-18(2)10-6-4-5-7-11-21-19(20-3)22-12-8-9-13-23-14-16-24-17-15-23/h18H,4-17H2,1-3H3,(H2,20,21,22). The Morgan fingerprint density at radius 2 is 1.58 bits per heavy atom. The number of nitrogens with one attached hydrogen (secondary N) is 2. The van der Waals surface area contributed by atoms with Crippen molar-refractivity contribution in [2.45, 2.75) is 58.8 Å². The minimum absolute atomic E-state index is 0.842. The van der Waals surface area contributed by atoms with Crippen molar-refractivity contribution in [1.29, 1.82) is 0 Å². The summed E-state index contributed by atoms with van der Waals surface area (Å²) in [7, 11) is 1.85. The van der Waals surface area contributed by atoms with Crippen molar-refractivity contribution in [2.24, 2.45) is 10.9 Å². The average molecular weight is 341 g/mol. The van der Waals surface area contributed by atoms with Gasteiger partial charge in [-0.25, -0.2) is 0 Å². The Labute approximate surface area is 149 Å². The van der Waals surface area contributed by atoms with Gasteiger partial charge < -0.3 is 15.4 Å². The summed E-state index contributed by atoms with van der Waals surface area (Å²) in [4.78, 5) is 6.80. The first-order valence-electron chi connectivity index (χ1n) is 9.97. The highest BCUT2D eigenvalue weighted by Crippen LogP contribution is 2.08. The summed E-state index contributed by atoms with van der Waals surface area (Å²) in [5.74, 6) is 1.79. The summed E-state index contributed by atoms with van der Waals surface area (Å²) in [6.07, 6.45) is 9.06. The summed E-state index contributed by atoms with van der Waals surface area (Å²) in [5, 5.41) is 6.84. The van der Waals surface area contributed by atoms with Gasteiger partial charge in [0.25, 0.3) is 0 Å². The molecule has 0 radical (unpaired) electrons. The van der Waals surface area contributed by atoms with Crippen molar-refractivity contribution in [3.05, 3.63) is 0 Å². The maximum Gasteiger partial charge on any atom is 0.190 e. The van der Waals surface area contributed by atoms with Gasteiger partial charge in [-0.1, -0.05) is 39.5 Å². The molecule has 5 heteroatoms. The van der Waals surface area contributed by atoms with Crippen molar-refractivity contribution < 1.29 is 4.74 Å². The molecule has 142 valence electrons. The Morgan fingerprint density at radius 3 is 2.21 bits per heavy atom. The van der Waals surface area contributed by atoms with E-state index in [1.54, 1.807) is 0 Å².